The van der Waals surface area contributed by atoms with Crippen molar-refractivity contribution in [2.75, 3.05) is 24.9 Å². The fourth-order valence-electron chi connectivity index (χ4n) is 3.18. The molecule has 1 amide bonds. The largest absolute Gasteiger partial charge is 0.496 e. The Kier molecular flexibility index (Phi) is 6.54. The van der Waals surface area contributed by atoms with E-state index in [9.17, 15) is 4.79 Å². The van der Waals surface area contributed by atoms with Crippen molar-refractivity contribution >= 4 is 40.5 Å². The Morgan fingerprint density at radius 2 is 2.09 bits per heavy atom. The number of fused-ring (bicyclic) bond motifs is 1. The summed E-state index contributed by atoms with van der Waals surface area (Å²) in [6.45, 7) is 2.33. The van der Waals surface area contributed by atoms with E-state index in [2.05, 4.69) is 40.6 Å². The van der Waals surface area contributed by atoms with Gasteiger partial charge in [0.2, 0.25) is 11.8 Å². The first-order chi connectivity index (χ1) is 16.0. The summed E-state index contributed by atoms with van der Waals surface area (Å²) in [4.78, 5) is 24.6. The molecule has 0 bridgehead atoms. The summed E-state index contributed by atoms with van der Waals surface area (Å²) < 4.78 is 16.9. The van der Waals surface area contributed by atoms with Crippen LogP contribution in [0.3, 0.4) is 0 Å². The minimum atomic E-state index is -0.689. The second-order valence-electron chi connectivity index (χ2n) is 6.91. The monoisotopic (exact) mass is 472 g/mol. The van der Waals surface area contributed by atoms with Gasteiger partial charge in [-0.15, -0.1) is 11.6 Å². The Balaban J connectivity index is 1.72. The third-order valence-corrected chi connectivity index (χ3v) is 5.01. The molecule has 0 fully saturated rings. The molecule has 172 valence electrons. The van der Waals surface area contributed by atoms with Gasteiger partial charge < -0.3 is 19.3 Å². The SMILES string of the molecule is COC(=O)Nc1nc(NCc2noc(C)n2)c2c(cnn2Cc2ccc(CCl)cc2OC)n1. The van der Waals surface area contributed by atoms with E-state index in [4.69, 9.17) is 20.9 Å². The Morgan fingerprint density at radius 1 is 1.24 bits per heavy atom. The maximum atomic E-state index is 11.7. The van der Waals surface area contributed by atoms with Crippen LogP contribution in [-0.2, 0) is 23.7 Å². The minimum Gasteiger partial charge on any atom is -0.496 e. The third kappa shape index (κ3) is 4.95. The molecule has 4 aromatic rings. The zero-order chi connectivity index (χ0) is 23.4. The van der Waals surface area contributed by atoms with Gasteiger partial charge in [-0.3, -0.25) is 10.00 Å². The lowest BCUT2D eigenvalue weighted by Crippen LogP contribution is -2.15. The number of methoxy groups -OCH3 is 2. The summed E-state index contributed by atoms with van der Waals surface area (Å²) in [5.74, 6) is 2.46. The van der Waals surface area contributed by atoms with E-state index >= 15 is 0 Å². The fourth-order valence-corrected chi connectivity index (χ4v) is 3.35. The summed E-state index contributed by atoms with van der Waals surface area (Å²) in [5.41, 5.74) is 2.98. The summed E-state index contributed by atoms with van der Waals surface area (Å²) in [7, 11) is 2.86. The number of alkyl halides is 1. The van der Waals surface area contributed by atoms with E-state index in [1.807, 2.05) is 18.2 Å². The molecule has 0 aliphatic carbocycles. The zero-order valence-corrected chi connectivity index (χ0v) is 18.9. The second-order valence-corrected chi connectivity index (χ2v) is 7.18. The van der Waals surface area contributed by atoms with Crippen molar-refractivity contribution in [3.05, 3.63) is 47.2 Å². The van der Waals surface area contributed by atoms with Crippen molar-refractivity contribution < 1.29 is 18.8 Å². The second kappa shape index (κ2) is 9.69. The summed E-state index contributed by atoms with van der Waals surface area (Å²) >= 11 is 5.94. The molecule has 0 unspecified atom stereocenters. The topological polar surface area (TPSA) is 142 Å². The lowest BCUT2D eigenvalue weighted by Gasteiger charge is -2.13. The first kappa shape index (κ1) is 22.3. The number of halogens is 1. The number of hydrogen-bond acceptors (Lipinski definition) is 10. The van der Waals surface area contributed by atoms with E-state index in [1.54, 1.807) is 24.9 Å². The van der Waals surface area contributed by atoms with Crippen LogP contribution in [0, 0.1) is 6.92 Å². The van der Waals surface area contributed by atoms with Crippen molar-refractivity contribution in [2.45, 2.75) is 25.9 Å². The van der Waals surface area contributed by atoms with Crippen molar-refractivity contribution in [1.82, 2.24) is 29.9 Å². The predicted octanol–water partition coefficient (Wildman–Crippen LogP) is 3.10. The molecule has 12 nitrogen and oxygen atoms in total. The molecule has 2 N–H and O–H groups in total. The number of nitrogens with one attached hydrogen (secondary N) is 2. The van der Waals surface area contributed by atoms with Crippen LogP contribution < -0.4 is 15.4 Å². The fraction of sp³-hybridized carbons (Fsp3) is 0.300. The predicted molar refractivity (Wildman–Crippen MR) is 119 cm³/mol. The molecule has 33 heavy (non-hydrogen) atoms. The summed E-state index contributed by atoms with van der Waals surface area (Å²) in [5, 5.41) is 14.0. The van der Waals surface area contributed by atoms with Crippen LogP contribution >= 0.6 is 11.6 Å². The number of nitrogens with zero attached hydrogens (tertiary/aromatic N) is 6. The van der Waals surface area contributed by atoms with Gasteiger partial charge in [0.05, 0.1) is 33.5 Å². The van der Waals surface area contributed by atoms with Gasteiger partial charge in [-0.2, -0.15) is 15.1 Å². The first-order valence-electron chi connectivity index (χ1n) is 9.84. The average Bonchev–Trinajstić information content (AvgIpc) is 3.43. The normalized spacial score (nSPS) is 10.9. The van der Waals surface area contributed by atoms with E-state index in [0.717, 1.165) is 11.1 Å². The molecule has 0 aliphatic rings. The maximum Gasteiger partial charge on any atom is 0.413 e. The molecule has 0 aliphatic heterocycles. The van der Waals surface area contributed by atoms with Crippen LogP contribution in [0.2, 0.25) is 0 Å². The number of ether oxygens (including phenoxy) is 2. The third-order valence-electron chi connectivity index (χ3n) is 4.70. The zero-order valence-electron chi connectivity index (χ0n) is 18.1. The highest BCUT2D eigenvalue weighted by molar-refractivity contribution is 6.17. The Morgan fingerprint density at radius 3 is 2.79 bits per heavy atom. The maximum absolute atomic E-state index is 11.7. The van der Waals surface area contributed by atoms with E-state index in [1.165, 1.54) is 7.11 Å². The molecular weight excluding hydrogens is 452 g/mol. The molecule has 0 saturated carbocycles. The number of carbonyl (C=O) groups excluding carboxylic acids is 1. The minimum absolute atomic E-state index is 0.0599. The number of carbonyl (C=O) groups is 1. The van der Waals surface area contributed by atoms with Gasteiger partial charge in [0.15, 0.2) is 11.6 Å². The van der Waals surface area contributed by atoms with Crippen molar-refractivity contribution in [3.8, 4) is 5.75 Å². The number of rotatable bonds is 8. The summed E-state index contributed by atoms with van der Waals surface area (Å²) in [6.07, 6.45) is 0.897. The quantitative estimate of drug-likeness (QED) is 0.367. The highest BCUT2D eigenvalue weighted by atomic mass is 35.5. The summed E-state index contributed by atoms with van der Waals surface area (Å²) in [6, 6.07) is 5.76. The number of hydrogen-bond donors (Lipinski definition) is 2. The molecule has 3 heterocycles. The number of anilines is 2. The van der Waals surface area contributed by atoms with Gasteiger partial charge >= 0.3 is 6.09 Å². The van der Waals surface area contributed by atoms with Gasteiger partial charge in [-0.25, -0.2) is 9.78 Å². The van der Waals surface area contributed by atoms with E-state index in [0.29, 0.717) is 46.7 Å². The average molecular weight is 473 g/mol. The van der Waals surface area contributed by atoms with Crippen LogP contribution in [0.25, 0.3) is 11.0 Å². The van der Waals surface area contributed by atoms with Gasteiger partial charge in [0.25, 0.3) is 0 Å². The molecule has 0 atom stereocenters. The van der Waals surface area contributed by atoms with Gasteiger partial charge in [-0.1, -0.05) is 17.3 Å². The first-order valence-corrected chi connectivity index (χ1v) is 10.4. The van der Waals surface area contributed by atoms with Crippen molar-refractivity contribution in [3.63, 3.8) is 0 Å². The number of aromatic nitrogens is 6. The van der Waals surface area contributed by atoms with E-state index in [-0.39, 0.29) is 12.5 Å². The lowest BCUT2D eigenvalue weighted by atomic mass is 10.1. The number of amides is 1. The molecule has 0 spiro atoms. The van der Waals surface area contributed by atoms with Crippen molar-refractivity contribution in [1.29, 1.82) is 0 Å². The van der Waals surface area contributed by atoms with Gasteiger partial charge in [0, 0.05) is 18.4 Å². The molecular formula is C20H21ClN8O4. The Labute approximate surface area is 193 Å². The highest BCUT2D eigenvalue weighted by Gasteiger charge is 2.17. The Bertz CT molecular complexity index is 1290. The smallest absolute Gasteiger partial charge is 0.413 e. The van der Waals surface area contributed by atoms with Crippen LogP contribution in [0.5, 0.6) is 5.75 Å². The van der Waals surface area contributed by atoms with Gasteiger partial charge in [0.1, 0.15) is 16.8 Å². The molecule has 13 heteroatoms. The molecule has 4 rings (SSSR count). The van der Waals surface area contributed by atoms with Gasteiger partial charge in [-0.05, 0) is 11.6 Å². The number of aryl methyl sites for hydroxylation is 1. The van der Waals surface area contributed by atoms with Crippen molar-refractivity contribution in [2.24, 2.45) is 0 Å². The lowest BCUT2D eigenvalue weighted by molar-refractivity contribution is 0.186. The van der Waals surface area contributed by atoms with Crippen LogP contribution in [0.4, 0.5) is 16.6 Å². The van der Waals surface area contributed by atoms with Crippen LogP contribution in [0.15, 0.2) is 28.9 Å². The molecule has 1 aromatic carbocycles. The van der Waals surface area contributed by atoms with E-state index < -0.39 is 6.09 Å². The van der Waals surface area contributed by atoms with Crippen LogP contribution in [-0.4, -0.2) is 50.2 Å². The standard InChI is InChI=1S/C20H21ClN8O4/c1-11-24-16(28-33-11)9-22-18-17-14(25-19(26-18)27-20(30)32-3)8-23-29(17)10-13-5-4-12(7-21)6-15(13)31-2/h4-6,8H,7,9-10H2,1-3H3,(H2,22,25,26,27,30). The highest BCUT2D eigenvalue weighted by Crippen LogP contribution is 2.27. The van der Waals surface area contributed by atoms with Crippen LogP contribution in [0.1, 0.15) is 22.8 Å². The molecule has 0 saturated heterocycles. The number of benzene rings is 1. The Hall–Kier alpha value is -3.93. The molecule has 3 aromatic heterocycles. The molecule has 0 radical (unpaired) electrons.